The molecule has 5 heteroatoms. The highest BCUT2D eigenvalue weighted by Crippen LogP contribution is 2.43. The van der Waals surface area contributed by atoms with E-state index in [9.17, 15) is 4.79 Å². The summed E-state index contributed by atoms with van der Waals surface area (Å²) in [6.45, 7) is 0. The number of anilines is 1. The summed E-state index contributed by atoms with van der Waals surface area (Å²) in [5.41, 5.74) is 3.76. The van der Waals surface area contributed by atoms with Gasteiger partial charge in [0.05, 0.1) is 5.52 Å². The Morgan fingerprint density at radius 2 is 2.21 bits per heavy atom. The molecule has 2 aromatic rings. The van der Waals surface area contributed by atoms with Crippen LogP contribution in [0.3, 0.4) is 0 Å². The van der Waals surface area contributed by atoms with Crippen molar-refractivity contribution in [2.24, 2.45) is 0 Å². The molecule has 92 valence electrons. The minimum atomic E-state index is -0.157. The number of benzene rings is 1. The number of hydrogen-bond acceptors (Lipinski definition) is 3. The lowest BCUT2D eigenvalue weighted by atomic mass is 10.2. The van der Waals surface area contributed by atoms with Gasteiger partial charge in [0, 0.05) is 24.2 Å². The molecule has 19 heavy (non-hydrogen) atoms. The summed E-state index contributed by atoms with van der Waals surface area (Å²) in [6, 6.07) is 9.52. The zero-order chi connectivity index (χ0) is 13.0. The predicted octanol–water partition coefficient (Wildman–Crippen LogP) is 2.21. The van der Waals surface area contributed by atoms with Crippen LogP contribution in [0.2, 0.25) is 0 Å². The second kappa shape index (κ2) is 3.41. The SMILES string of the molecule is CN(C(=O)c1n[nH]c2c3cc-3cc12)c1ccccn1. The minimum Gasteiger partial charge on any atom is -0.294 e. The Balaban J connectivity index is 1.75. The molecule has 0 unspecified atom stereocenters. The van der Waals surface area contributed by atoms with E-state index in [1.807, 2.05) is 18.2 Å². The molecule has 0 bridgehead atoms. The molecule has 0 fully saturated rings. The third kappa shape index (κ3) is 1.38. The third-order valence-electron chi connectivity index (χ3n) is 3.40. The van der Waals surface area contributed by atoms with Crippen molar-refractivity contribution in [2.75, 3.05) is 11.9 Å². The number of H-pyrrole nitrogens is 1. The summed E-state index contributed by atoms with van der Waals surface area (Å²) in [4.78, 5) is 18.1. The zero-order valence-corrected chi connectivity index (χ0v) is 10.2. The fourth-order valence-corrected chi connectivity index (χ4v) is 2.29. The van der Waals surface area contributed by atoms with Crippen molar-refractivity contribution in [3.05, 3.63) is 42.2 Å². The van der Waals surface area contributed by atoms with Crippen molar-refractivity contribution in [3.63, 3.8) is 0 Å². The van der Waals surface area contributed by atoms with E-state index in [1.165, 1.54) is 16.0 Å². The highest BCUT2D eigenvalue weighted by molar-refractivity contribution is 6.18. The Hall–Kier alpha value is -2.69. The summed E-state index contributed by atoms with van der Waals surface area (Å²) >= 11 is 0. The number of pyridine rings is 1. The van der Waals surface area contributed by atoms with Crippen LogP contribution in [0.25, 0.3) is 22.0 Å². The van der Waals surface area contributed by atoms with Crippen molar-refractivity contribution in [1.29, 1.82) is 0 Å². The highest BCUT2D eigenvalue weighted by Gasteiger charge is 2.26. The van der Waals surface area contributed by atoms with Gasteiger partial charge in [0.2, 0.25) is 0 Å². The molecule has 2 heterocycles. The number of amides is 1. The maximum absolute atomic E-state index is 12.4. The van der Waals surface area contributed by atoms with E-state index in [1.54, 1.807) is 19.3 Å². The zero-order valence-electron chi connectivity index (χ0n) is 10.2. The summed E-state index contributed by atoms with van der Waals surface area (Å²) in [6.07, 6.45) is 1.66. The smallest absolute Gasteiger partial charge is 0.280 e. The first-order valence-corrected chi connectivity index (χ1v) is 5.97. The number of aromatic nitrogens is 3. The molecule has 2 aliphatic rings. The molecule has 0 saturated heterocycles. The van der Waals surface area contributed by atoms with Gasteiger partial charge in [-0.3, -0.25) is 14.8 Å². The van der Waals surface area contributed by atoms with Crippen molar-refractivity contribution in [2.45, 2.75) is 0 Å². The van der Waals surface area contributed by atoms with Crippen LogP contribution in [0.1, 0.15) is 10.5 Å². The van der Waals surface area contributed by atoms with E-state index in [0.717, 1.165) is 10.9 Å². The first-order valence-electron chi connectivity index (χ1n) is 5.97. The van der Waals surface area contributed by atoms with Gasteiger partial charge in [-0.15, -0.1) is 0 Å². The summed E-state index contributed by atoms with van der Waals surface area (Å²) in [7, 11) is 1.70. The maximum Gasteiger partial charge on any atom is 0.280 e. The number of carbonyl (C=O) groups excluding carboxylic acids is 1. The largest absolute Gasteiger partial charge is 0.294 e. The molecule has 0 aromatic carbocycles. The molecule has 2 aliphatic carbocycles. The Morgan fingerprint density at radius 3 is 3.00 bits per heavy atom. The highest BCUT2D eigenvalue weighted by atomic mass is 16.2. The molecule has 5 nitrogen and oxygen atoms in total. The van der Waals surface area contributed by atoms with Gasteiger partial charge in [-0.25, -0.2) is 4.98 Å². The van der Waals surface area contributed by atoms with Crippen LogP contribution in [-0.4, -0.2) is 28.1 Å². The first-order chi connectivity index (χ1) is 9.25. The van der Waals surface area contributed by atoms with E-state index in [-0.39, 0.29) is 5.91 Å². The number of fused-ring (bicyclic) bond motifs is 3. The van der Waals surface area contributed by atoms with E-state index in [2.05, 4.69) is 21.2 Å². The van der Waals surface area contributed by atoms with E-state index in [0.29, 0.717) is 11.5 Å². The second-order valence-electron chi connectivity index (χ2n) is 4.57. The molecule has 0 atom stereocenters. The van der Waals surface area contributed by atoms with Crippen LogP contribution in [0.15, 0.2) is 36.5 Å². The minimum absolute atomic E-state index is 0.157. The number of aromatic amines is 1. The fraction of sp³-hybridized carbons (Fsp3) is 0.0714. The van der Waals surface area contributed by atoms with Gasteiger partial charge < -0.3 is 0 Å². The molecular formula is C14H10N4O. The molecular weight excluding hydrogens is 240 g/mol. The normalized spacial score (nSPS) is 11.6. The number of hydrogen-bond donors (Lipinski definition) is 1. The van der Waals surface area contributed by atoms with Crippen LogP contribution < -0.4 is 4.90 Å². The number of nitrogens with zero attached hydrogens (tertiary/aromatic N) is 3. The van der Waals surface area contributed by atoms with E-state index >= 15 is 0 Å². The average molecular weight is 250 g/mol. The van der Waals surface area contributed by atoms with Gasteiger partial charge in [0.15, 0.2) is 5.69 Å². The van der Waals surface area contributed by atoms with Gasteiger partial charge in [-0.05, 0) is 29.8 Å². The Bertz CT molecular complexity index is 807. The molecule has 4 rings (SSSR count). The van der Waals surface area contributed by atoms with Gasteiger partial charge in [0.25, 0.3) is 5.91 Å². The van der Waals surface area contributed by atoms with Gasteiger partial charge in [0.1, 0.15) is 5.82 Å². The van der Waals surface area contributed by atoms with Gasteiger partial charge in [-0.1, -0.05) is 6.07 Å². The Morgan fingerprint density at radius 1 is 1.32 bits per heavy atom. The average Bonchev–Trinajstić information content (AvgIpc) is 2.94. The van der Waals surface area contributed by atoms with Crippen LogP contribution >= 0.6 is 0 Å². The van der Waals surface area contributed by atoms with Crippen LogP contribution in [0.4, 0.5) is 5.82 Å². The van der Waals surface area contributed by atoms with Crippen molar-refractivity contribution in [1.82, 2.24) is 15.2 Å². The number of rotatable bonds is 2. The second-order valence-corrected chi connectivity index (χ2v) is 4.57. The molecule has 2 aromatic heterocycles. The topological polar surface area (TPSA) is 61.9 Å². The lowest BCUT2D eigenvalue weighted by molar-refractivity contribution is 0.0989. The van der Waals surface area contributed by atoms with Gasteiger partial charge in [-0.2, -0.15) is 5.10 Å². The molecule has 0 aliphatic heterocycles. The van der Waals surface area contributed by atoms with E-state index in [4.69, 9.17) is 0 Å². The van der Waals surface area contributed by atoms with Crippen molar-refractivity contribution in [3.8, 4) is 11.1 Å². The van der Waals surface area contributed by atoms with E-state index < -0.39 is 0 Å². The van der Waals surface area contributed by atoms with Crippen LogP contribution in [0, 0.1) is 0 Å². The molecule has 0 saturated carbocycles. The molecule has 1 amide bonds. The predicted molar refractivity (Wildman–Crippen MR) is 72.1 cm³/mol. The summed E-state index contributed by atoms with van der Waals surface area (Å²) < 4.78 is 0. The lowest BCUT2D eigenvalue weighted by Crippen LogP contribution is -2.27. The molecule has 0 spiro atoms. The maximum atomic E-state index is 12.4. The number of carbonyl (C=O) groups is 1. The van der Waals surface area contributed by atoms with Crippen LogP contribution in [0.5, 0.6) is 0 Å². The third-order valence-corrected chi connectivity index (χ3v) is 3.40. The monoisotopic (exact) mass is 250 g/mol. The molecule has 0 radical (unpaired) electrons. The number of nitrogens with one attached hydrogen (secondary N) is 1. The molecule has 1 N–H and O–H groups in total. The van der Waals surface area contributed by atoms with Crippen LogP contribution in [-0.2, 0) is 0 Å². The standard InChI is InChI=1S/C14H10N4O/c1-18(11-4-2-3-5-15-11)14(19)13-10-7-8-6-9(8)12(10)16-17-13/h2-7H,1H3,(H,16,17). The summed E-state index contributed by atoms with van der Waals surface area (Å²) in [5.74, 6) is 0.453. The summed E-state index contributed by atoms with van der Waals surface area (Å²) in [5, 5.41) is 7.95. The Kier molecular flexibility index (Phi) is 1.84. The Labute approximate surface area is 108 Å². The fourth-order valence-electron chi connectivity index (χ4n) is 2.29. The van der Waals surface area contributed by atoms with Crippen molar-refractivity contribution >= 4 is 22.6 Å². The first kappa shape index (κ1) is 10.3. The quantitative estimate of drug-likeness (QED) is 0.593. The van der Waals surface area contributed by atoms with Gasteiger partial charge >= 0.3 is 0 Å². The lowest BCUT2D eigenvalue weighted by Gasteiger charge is -2.14. The van der Waals surface area contributed by atoms with Crippen molar-refractivity contribution < 1.29 is 4.79 Å².